The van der Waals surface area contributed by atoms with E-state index in [1.807, 2.05) is 0 Å². The summed E-state index contributed by atoms with van der Waals surface area (Å²) in [5.74, 6) is -1.20. The van der Waals surface area contributed by atoms with Crippen molar-refractivity contribution in [1.29, 1.82) is 0 Å². The maximum atomic E-state index is 12.1. The Kier molecular flexibility index (Phi) is 3.69. The van der Waals surface area contributed by atoms with Crippen LogP contribution in [0.15, 0.2) is 35.5 Å². The van der Waals surface area contributed by atoms with Crippen molar-refractivity contribution in [3.8, 4) is 0 Å². The summed E-state index contributed by atoms with van der Waals surface area (Å²) in [6, 6.07) is 3.73. The number of aryl methyl sites for hydroxylation is 1. The van der Waals surface area contributed by atoms with Crippen LogP contribution in [0.3, 0.4) is 0 Å². The van der Waals surface area contributed by atoms with Crippen molar-refractivity contribution < 1.29 is 18.3 Å². The molecule has 0 aliphatic carbocycles. The molecule has 0 amide bonds. The van der Waals surface area contributed by atoms with Gasteiger partial charge in [0.1, 0.15) is 4.90 Å². The third-order valence-corrected chi connectivity index (χ3v) is 3.94. The van der Waals surface area contributed by atoms with Gasteiger partial charge < -0.3 is 5.11 Å². The molecule has 0 aliphatic rings. The molecule has 0 atom stereocenters. The lowest BCUT2D eigenvalue weighted by Crippen LogP contribution is -2.13. The Balaban J connectivity index is 2.37. The number of nitrogens with zero attached hydrogens (tertiary/aromatic N) is 2. The van der Waals surface area contributed by atoms with Crippen molar-refractivity contribution in [2.24, 2.45) is 7.05 Å². The minimum absolute atomic E-state index is 0.0307. The Morgan fingerprint density at radius 3 is 2.65 bits per heavy atom. The van der Waals surface area contributed by atoms with Crippen LogP contribution >= 0.6 is 11.6 Å². The molecule has 20 heavy (non-hydrogen) atoms. The maximum absolute atomic E-state index is 12.1. The summed E-state index contributed by atoms with van der Waals surface area (Å²) in [6.45, 7) is 0. The molecule has 1 aromatic heterocycles. The minimum atomic E-state index is -3.84. The fourth-order valence-electron chi connectivity index (χ4n) is 1.52. The van der Waals surface area contributed by atoms with Crippen molar-refractivity contribution in [2.75, 3.05) is 4.72 Å². The molecule has 0 unspecified atom stereocenters. The van der Waals surface area contributed by atoms with Crippen LogP contribution < -0.4 is 4.72 Å². The first-order chi connectivity index (χ1) is 9.28. The van der Waals surface area contributed by atoms with E-state index >= 15 is 0 Å². The molecule has 0 aliphatic heterocycles. The molecule has 2 N–H and O–H groups in total. The zero-order chi connectivity index (χ0) is 14.9. The lowest BCUT2D eigenvalue weighted by molar-refractivity contribution is 0.0697. The van der Waals surface area contributed by atoms with Gasteiger partial charge in [-0.1, -0.05) is 11.6 Å². The molecule has 9 heteroatoms. The SMILES string of the molecule is Cn1cc(S(=O)(=O)Nc2cc(Cl)cc(C(=O)O)c2)cn1. The molecule has 0 fully saturated rings. The molecule has 2 aromatic rings. The first kappa shape index (κ1) is 14.4. The van der Waals surface area contributed by atoms with E-state index in [4.69, 9.17) is 16.7 Å². The largest absolute Gasteiger partial charge is 0.478 e. The summed E-state index contributed by atoms with van der Waals surface area (Å²) in [4.78, 5) is 10.9. The van der Waals surface area contributed by atoms with E-state index in [1.54, 1.807) is 7.05 Å². The predicted molar refractivity (Wildman–Crippen MR) is 72.4 cm³/mol. The second kappa shape index (κ2) is 5.14. The quantitative estimate of drug-likeness (QED) is 0.891. The molecular formula is C11H10ClN3O4S. The van der Waals surface area contributed by atoms with Crippen molar-refractivity contribution in [3.05, 3.63) is 41.2 Å². The Labute approximate surface area is 119 Å². The predicted octanol–water partition coefficient (Wildman–Crippen LogP) is 1.57. The lowest BCUT2D eigenvalue weighted by Gasteiger charge is -2.07. The van der Waals surface area contributed by atoms with Crippen LogP contribution in [0, 0.1) is 0 Å². The Morgan fingerprint density at radius 2 is 2.10 bits per heavy atom. The lowest BCUT2D eigenvalue weighted by atomic mass is 10.2. The first-order valence-electron chi connectivity index (χ1n) is 5.33. The number of anilines is 1. The van der Waals surface area contributed by atoms with Crippen LogP contribution in [0.1, 0.15) is 10.4 Å². The van der Waals surface area contributed by atoms with Crippen LogP contribution in [0.25, 0.3) is 0 Å². The normalized spacial score (nSPS) is 11.3. The van der Waals surface area contributed by atoms with Crippen molar-refractivity contribution in [3.63, 3.8) is 0 Å². The number of carbonyl (C=O) groups is 1. The molecule has 0 bridgehead atoms. The molecule has 0 saturated carbocycles. The van der Waals surface area contributed by atoms with Crippen LogP contribution in [-0.2, 0) is 17.1 Å². The van der Waals surface area contributed by atoms with Crippen LogP contribution in [0.4, 0.5) is 5.69 Å². The average molecular weight is 316 g/mol. The number of sulfonamides is 1. The molecule has 1 aromatic carbocycles. The number of rotatable bonds is 4. The third-order valence-electron chi connectivity index (χ3n) is 2.39. The van der Waals surface area contributed by atoms with E-state index in [0.717, 1.165) is 0 Å². The van der Waals surface area contributed by atoms with E-state index in [9.17, 15) is 13.2 Å². The Morgan fingerprint density at radius 1 is 1.40 bits per heavy atom. The first-order valence-corrected chi connectivity index (χ1v) is 7.19. The number of benzene rings is 1. The van der Waals surface area contributed by atoms with E-state index in [1.165, 1.54) is 35.3 Å². The van der Waals surface area contributed by atoms with E-state index in [2.05, 4.69) is 9.82 Å². The van der Waals surface area contributed by atoms with Gasteiger partial charge in [0.25, 0.3) is 10.0 Å². The Bertz CT molecular complexity index is 770. The van der Waals surface area contributed by atoms with Gasteiger partial charge in [-0.15, -0.1) is 0 Å². The van der Waals surface area contributed by atoms with Gasteiger partial charge in [0, 0.05) is 18.3 Å². The number of aromatic nitrogens is 2. The highest BCUT2D eigenvalue weighted by atomic mass is 35.5. The minimum Gasteiger partial charge on any atom is -0.478 e. The van der Waals surface area contributed by atoms with Crippen LogP contribution in [0.5, 0.6) is 0 Å². The fourth-order valence-corrected chi connectivity index (χ4v) is 2.78. The van der Waals surface area contributed by atoms with E-state index < -0.39 is 16.0 Å². The number of carboxylic acids is 1. The smallest absolute Gasteiger partial charge is 0.335 e. The summed E-state index contributed by atoms with van der Waals surface area (Å²) in [7, 11) is -2.25. The number of carboxylic acid groups (broad SMARTS) is 1. The van der Waals surface area contributed by atoms with Gasteiger partial charge in [-0.05, 0) is 18.2 Å². The van der Waals surface area contributed by atoms with Gasteiger partial charge in [0.05, 0.1) is 17.4 Å². The highest BCUT2D eigenvalue weighted by Crippen LogP contribution is 2.22. The molecule has 7 nitrogen and oxygen atoms in total. The molecule has 106 valence electrons. The summed E-state index contributed by atoms with van der Waals surface area (Å²) in [5, 5.41) is 12.8. The highest BCUT2D eigenvalue weighted by molar-refractivity contribution is 7.92. The van der Waals surface area contributed by atoms with Gasteiger partial charge in [-0.25, -0.2) is 13.2 Å². The Hall–Kier alpha value is -2.06. The third kappa shape index (κ3) is 3.09. The summed E-state index contributed by atoms with van der Waals surface area (Å²) in [5.41, 5.74) is -0.0415. The second-order valence-corrected chi connectivity index (χ2v) is 6.11. The van der Waals surface area contributed by atoms with Crippen molar-refractivity contribution in [2.45, 2.75) is 4.90 Å². The molecule has 0 saturated heterocycles. The van der Waals surface area contributed by atoms with Gasteiger partial charge in [-0.3, -0.25) is 9.40 Å². The molecule has 2 rings (SSSR count). The standard InChI is InChI=1S/C11H10ClN3O4S/c1-15-6-10(5-13-15)20(18,19)14-9-3-7(11(16)17)2-8(12)4-9/h2-6,14H,1H3,(H,16,17). The average Bonchev–Trinajstić information content (AvgIpc) is 2.75. The van der Waals surface area contributed by atoms with Crippen molar-refractivity contribution in [1.82, 2.24) is 9.78 Å². The molecule has 1 heterocycles. The number of nitrogens with one attached hydrogen (secondary N) is 1. The topological polar surface area (TPSA) is 101 Å². The van der Waals surface area contributed by atoms with Gasteiger partial charge in [-0.2, -0.15) is 5.10 Å². The molecular weight excluding hydrogens is 306 g/mol. The second-order valence-electron chi connectivity index (χ2n) is 3.99. The maximum Gasteiger partial charge on any atom is 0.335 e. The summed E-state index contributed by atoms with van der Waals surface area (Å²) in [6.07, 6.45) is 2.51. The zero-order valence-electron chi connectivity index (χ0n) is 10.2. The number of halogens is 1. The zero-order valence-corrected chi connectivity index (χ0v) is 11.8. The summed E-state index contributed by atoms with van der Waals surface area (Å²) >= 11 is 5.76. The highest BCUT2D eigenvalue weighted by Gasteiger charge is 2.17. The molecule has 0 spiro atoms. The van der Waals surface area contributed by atoms with Gasteiger partial charge in [0.15, 0.2) is 0 Å². The summed E-state index contributed by atoms with van der Waals surface area (Å²) < 4.78 is 27.7. The number of aromatic carboxylic acids is 1. The van der Waals surface area contributed by atoms with Crippen molar-refractivity contribution >= 4 is 33.3 Å². The number of hydrogen-bond acceptors (Lipinski definition) is 4. The van der Waals surface area contributed by atoms with Gasteiger partial charge in [0.2, 0.25) is 0 Å². The van der Waals surface area contributed by atoms with Crippen LogP contribution in [-0.4, -0.2) is 29.3 Å². The molecule has 0 radical (unpaired) electrons. The monoisotopic (exact) mass is 315 g/mol. The van der Waals surface area contributed by atoms with E-state index in [-0.39, 0.29) is 21.2 Å². The number of hydrogen-bond donors (Lipinski definition) is 2. The van der Waals surface area contributed by atoms with E-state index in [0.29, 0.717) is 0 Å². The van der Waals surface area contributed by atoms with Gasteiger partial charge >= 0.3 is 5.97 Å². The van der Waals surface area contributed by atoms with Crippen LogP contribution in [0.2, 0.25) is 5.02 Å². The fraction of sp³-hybridized carbons (Fsp3) is 0.0909.